The van der Waals surface area contributed by atoms with E-state index >= 15 is 0 Å². The summed E-state index contributed by atoms with van der Waals surface area (Å²) in [7, 11) is -2.64. The molecule has 1 heterocycles. The number of amides is 1. The number of methoxy groups -OCH3 is 1. The molecule has 0 aliphatic heterocycles. The van der Waals surface area contributed by atoms with Crippen LogP contribution < -0.4 is 14.8 Å². The van der Waals surface area contributed by atoms with Crippen LogP contribution in [-0.2, 0) is 10.0 Å². The standard InChI is InChI=1S/C21H16ClN3O4S2/c1-29-17-8-4-2-6-15(17)25-31(27,28)19-12-13(10-11-14(19)22)20(26)24-21-23-16-7-3-5-9-18(16)30-21/h2-12,25H,1H3,(H,23,24,26). The van der Waals surface area contributed by atoms with Crippen LogP contribution in [0.3, 0.4) is 0 Å². The Balaban J connectivity index is 1.62. The van der Waals surface area contributed by atoms with E-state index in [1.807, 2.05) is 24.3 Å². The predicted molar refractivity (Wildman–Crippen MR) is 123 cm³/mol. The van der Waals surface area contributed by atoms with Crippen LogP contribution in [0.15, 0.2) is 71.6 Å². The number of aromatic nitrogens is 1. The van der Waals surface area contributed by atoms with Crippen molar-refractivity contribution >= 4 is 59.9 Å². The number of para-hydroxylation sites is 3. The molecule has 1 amide bonds. The molecule has 0 saturated carbocycles. The summed E-state index contributed by atoms with van der Waals surface area (Å²) in [5, 5.41) is 3.10. The molecule has 0 saturated heterocycles. The number of nitrogens with one attached hydrogen (secondary N) is 2. The van der Waals surface area contributed by atoms with E-state index in [0.717, 1.165) is 10.2 Å². The summed E-state index contributed by atoms with van der Waals surface area (Å²) in [5.74, 6) is -0.142. The zero-order valence-corrected chi connectivity index (χ0v) is 18.5. The van der Waals surface area contributed by atoms with E-state index in [2.05, 4.69) is 15.0 Å². The van der Waals surface area contributed by atoms with Gasteiger partial charge in [-0.2, -0.15) is 0 Å². The van der Waals surface area contributed by atoms with Crippen LogP contribution in [0.25, 0.3) is 10.2 Å². The van der Waals surface area contributed by atoms with Crippen molar-refractivity contribution in [2.24, 2.45) is 0 Å². The third-order valence-electron chi connectivity index (χ3n) is 4.35. The summed E-state index contributed by atoms with van der Waals surface area (Å²) in [6, 6.07) is 18.1. The summed E-state index contributed by atoms with van der Waals surface area (Å²) in [4.78, 5) is 16.9. The quantitative estimate of drug-likeness (QED) is 0.410. The van der Waals surface area contributed by atoms with Crippen LogP contribution in [0, 0.1) is 0 Å². The van der Waals surface area contributed by atoms with Crippen LogP contribution in [0.2, 0.25) is 5.02 Å². The molecular weight excluding hydrogens is 458 g/mol. The van der Waals surface area contributed by atoms with Crippen LogP contribution >= 0.6 is 22.9 Å². The Bertz CT molecular complexity index is 1350. The lowest BCUT2D eigenvalue weighted by Crippen LogP contribution is -2.16. The number of benzene rings is 3. The second-order valence-corrected chi connectivity index (χ2v) is 9.48. The van der Waals surface area contributed by atoms with Crippen molar-refractivity contribution in [3.63, 3.8) is 0 Å². The fourth-order valence-corrected chi connectivity index (χ4v) is 5.33. The molecule has 0 atom stereocenters. The van der Waals surface area contributed by atoms with Gasteiger partial charge in [-0.3, -0.25) is 14.8 Å². The SMILES string of the molecule is COc1ccccc1NS(=O)(=O)c1cc(C(=O)Nc2nc3ccccc3s2)ccc1Cl. The Labute approximate surface area is 187 Å². The summed E-state index contributed by atoms with van der Waals surface area (Å²) >= 11 is 7.47. The van der Waals surface area contributed by atoms with E-state index in [1.165, 1.54) is 36.6 Å². The minimum absolute atomic E-state index is 0.0149. The first-order valence-corrected chi connectivity index (χ1v) is 11.7. The Morgan fingerprint density at radius 3 is 2.58 bits per heavy atom. The number of anilines is 2. The second kappa shape index (κ2) is 8.54. The van der Waals surface area contributed by atoms with Gasteiger partial charge in [0.05, 0.1) is 28.0 Å². The summed E-state index contributed by atoms with van der Waals surface area (Å²) in [6.45, 7) is 0. The Hall–Kier alpha value is -3.14. The lowest BCUT2D eigenvalue weighted by molar-refractivity contribution is 0.102. The highest BCUT2D eigenvalue weighted by molar-refractivity contribution is 7.92. The largest absolute Gasteiger partial charge is 0.495 e. The maximum atomic E-state index is 12.9. The van der Waals surface area contributed by atoms with Crippen molar-refractivity contribution in [1.29, 1.82) is 0 Å². The van der Waals surface area contributed by atoms with E-state index in [-0.39, 0.29) is 21.2 Å². The van der Waals surface area contributed by atoms with Crippen LogP contribution in [-0.4, -0.2) is 26.4 Å². The number of rotatable bonds is 6. The van der Waals surface area contributed by atoms with Crippen LogP contribution in [0.5, 0.6) is 5.75 Å². The van der Waals surface area contributed by atoms with Gasteiger partial charge in [0.15, 0.2) is 5.13 Å². The van der Waals surface area contributed by atoms with E-state index < -0.39 is 15.9 Å². The van der Waals surface area contributed by atoms with Gasteiger partial charge in [-0.05, 0) is 42.5 Å². The molecule has 0 bridgehead atoms. The molecule has 7 nitrogen and oxygen atoms in total. The molecule has 4 rings (SSSR count). The van der Waals surface area contributed by atoms with Gasteiger partial charge in [-0.15, -0.1) is 0 Å². The highest BCUT2D eigenvalue weighted by atomic mass is 35.5. The van der Waals surface area contributed by atoms with E-state index in [0.29, 0.717) is 10.9 Å². The average Bonchev–Trinajstić information content (AvgIpc) is 3.16. The van der Waals surface area contributed by atoms with Gasteiger partial charge in [-0.1, -0.05) is 47.2 Å². The third-order valence-corrected chi connectivity index (χ3v) is 7.15. The minimum atomic E-state index is -4.08. The summed E-state index contributed by atoms with van der Waals surface area (Å²) < 4.78 is 34.5. The number of fused-ring (bicyclic) bond motifs is 1. The molecular formula is C21H16ClN3O4S2. The van der Waals surface area contributed by atoms with Crippen LogP contribution in [0.4, 0.5) is 10.8 Å². The highest BCUT2D eigenvalue weighted by Crippen LogP contribution is 2.30. The maximum Gasteiger partial charge on any atom is 0.263 e. The van der Waals surface area contributed by atoms with E-state index in [4.69, 9.17) is 16.3 Å². The number of carbonyl (C=O) groups excluding carboxylic acids is 1. The van der Waals surface area contributed by atoms with Gasteiger partial charge in [0.25, 0.3) is 15.9 Å². The number of ether oxygens (including phenoxy) is 1. The summed E-state index contributed by atoms with van der Waals surface area (Å²) in [6.07, 6.45) is 0. The Morgan fingerprint density at radius 1 is 1.06 bits per heavy atom. The van der Waals surface area contributed by atoms with Gasteiger partial charge in [0, 0.05) is 5.56 Å². The number of sulfonamides is 1. The van der Waals surface area contributed by atoms with Crippen molar-refractivity contribution in [2.75, 3.05) is 17.1 Å². The second-order valence-electron chi connectivity index (χ2n) is 6.39. The van der Waals surface area contributed by atoms with E-state index in [9.17, 15) is 13.2 Å². The van der Waals surface area contributed by atoms with Gasteiger partial charge >= 0.3 is 0 Å². The number of thiazole rings is 1. The number of carbonyl (C=O) groups is 1. The molecule has 10 heteroatoms. The van der Waals surface area contributed by atoms with Crippen LogP contribution in [0.1, 0.15) is 10.4 Å². The van der Waals surface area contributed by atoms with Crippen molar-refractivity contribution < 1.29 is 17.9 Å². The molecule has 0 aliphatic rings. The number of hydrogen-bond acceptors (Lipinski definition) is 6. The van der Waals surface area contributed by atoms with Crippen molar-refractivity contribution in [1.82, 2.24) is 4.98 Å². The molecule has 0 spiro atoms. The van der Waals surface area contributed by atoms with Gasteiger partial charge in [0.1, 0.15) is 10.6 Å². The molecule has 31 heavy (non-hydrogen) atoms. The molecule has 4 aromatic rings. The fourth-order valence-electron chi connectivity index (χ4n) is 2.87. The average molecular weight is 474 g/mol. The number of hydrogen-bond donors (Lipinski definition) is 2. The first-order chi connectivity index (χ1) is 14.9. The number of halogens is 1. The van der Waals surface area contributed by atoms with Gasteiger partial charge in [-0.25, -0.2) is 13.4 Å². The maximum absolute atomic E-state index is 12.9. The Morgan fingerprint density at radius 2 is 1.81 bits per heavy atom. The molecule has 0 aliphatic carbocycles. The summed E-state index contributed by atoms with van der Waals surface area (Å²) in [5.41, 5.74) is 1.15. The zero-order chi connectivity index (χ0) is 22.0. The van der Waals surface area contributed by atoms with Crippen molar-refractivity contribution in [3.8, 4) is 5.75 Å². The number of nitrogens with zero attached hydrogens (tertiary/aromatic N) is 1. The molecule has 0 unspecified atom stereocenters. The van der Waals surface area contributed by atoms with Gasteiger partial charge in [0.2, 0.25) is 0 Å². The minimum Gasteiger partial charge on any atom is -0.495 e. The molecule has 158 valence electrons. The molecule has 0 radical (unpaired) electrons. The zero-order valence-electron chi connectivity index (χ0n) is 16.1. The highest BCUT2D eigenvalue weighted by Gasteiger charge is 2.22. The lowest BCUT2D eigenvalue weighted by atomic mass is 10.2. The lowest BCUT2D eigenvalue weighted by Gasteiger charge is -2.13. The molecule has 3 aromatic carbocycles. The first kappa shape index (κ1) is 21.1. The predicted octanol–water partition coefficient (Wildman–Crippen LogP) is 5.01. The van der Waals surface area contributed by atoms with Crippen molar-refractivity contribution in [3.05, 3.63) is 77.3 Å². The first-order valence-electron chi connectivity index (χ1n) is 9.00. The molecule has 2 N–H and O–H groups in total. The fraction of sp³-hybridized carbons (Fsp3) is 0.0476. The smallest absolute Gasteiger partial charge is 0.263 e. The molecule has 0 fully saturated rings. The third kappa shape index (κ3) is 4.48. The topological polar surface area (TPSA) is 97.4 Å². The molecule has 1 aromatic heterocycles. The Kier molecular flexibility index (Phi) is 5.81. The normalized spacial score (nSPS) is 11.3. The van der Waals surface area contributed by atoms with Gasteiger partial charge < -0.3 is 4.74 Å². The van der Waals surface area contributed by atoms with E-state index in [1.54, 1.807) is 24.3 Å². The monoisotopic (exact) mass is 473 g/mol. The van der Waals surface area contributed by atoms with Crippen molar-refractivity contribution in [2.45, 2.75) is 4.90 Å².